The Morgan fingerprint density at radius 1 is 1.13 bits per heavy atom. The predicted molar refractivity (Wildman–Crippen MR) is 82.3 cm³/mol. The zero-order valence-corrected chi connectivity index (χ0v) is 12.8. The number of hydrogen-bond acceptors (Lipinski definition) is 4. The maximum atomic E-state index is 14.0. The minimum atomic E-state index is -0.424. The van der Waals surface area contributed by atoms with E-state index in [2.05, 4.69) is 0 Å². The number of benzene rings is 2. The Bertz CT molecular complexity index is 727. The Morgan fingerprint density at radius 2 is 1.91 bits per heavy atom. The van der Waals surface area contributed by atoms with Crippen molar-refractivity contribution < 1.29 is 23.4 Å². The van der Waals surface area contributed by atoms with Crippen molar-refractivity contribution >= 4 is 5.78 Å². The van der Waals surface area contributed by atoms with Crippen LogP contribution in [0.1, 0.15) is 24.5 Å². The Morgan fingerprint density at radius 3 is 2.70 bits per heavy atom. The van der Waals surface area contributed by atoms with E-state index in [1.807, 2.05) is 18.2 Å². The molecule has 2 aromatic rings. The summed E-state index contributed by atoms with van der Waals surface area (Å²) in [7, 11) is 0. The summed E-state index contributed by atoms with van der Waals surface area (Å²) in [5.74, 6) is 1.23. The molecule has 5 heteroatoms. The molecule has 4 nitrogen and oxygen atoms in total. The molecule has 0 bridgehead atoms. The molecule has 3 rings (SSSR count). The zero-order valence-electron chi connectivity index (χ0n) is 12.8. The molecule has 1 heterocycles. The van der Waals surface area contributed by atoms with E-state index in [4.69, 9.17) is 14.2 Å². The maximum absolute atomic E-state index is 14.0. The fourth-order valence-corrected chi connectivity index (χ4v) is 2.33. The molecule has 1 aliphatic heterocycles. The van der Waals surface area contributed by atoms with E-state index in [0.717, 1.165) is 11.1 Å². The minimum Gasteiger partial charge on any atom is -0.486 e. The molecular formula is C18H17FO4. The molecule has 0 saturated carbocycles. The van der Waals surface area contributed by atoms with E-state index < -0.39 is 5.82 Å². The Kier molecular flexibility index (Phi) is 4.46. The molecular weight excluding hydrogens is 299 g/mol. The van der Waals surface area contributed by atoms with Gasteiger partial charge in [-0.2, -0.15) is 0 Å². The van der Waals surface area contributed by atoms with E-state index >= 15 is 0 Å². The standard InChI is InChI=1S/C18H17FO4/c1-12(20)2-3-13-4-6-16(15(19)8-13)21-10-14-5-7-17-18(9-14)23-11-22-17/h4-9H,2-3,10-11H2,1H3. The van der Waals surface area contributed by atoms with Gasteiger partial charge < -0.3 is 19.0 Å². The number of Topliss-reactive ketones (excluding diaryl/α,β-unsaturated/α-hetero) is 1. The van der Waals surface area contributed by atoms with E-state index in [-0.39, 0.29) is 24.9 Å². The number of aryl methyl sites for hydroxylation is 1. The summed E-state index contributed by atoms with van der Waals surface area (Å²) in [4.78, 5) is 11.0. The van der Waals surface area contributed by atoms with Gasteiger partial charge in [-0.25, -0.2) is 4.39 Å². The fraction of sp³-hybridized carbons (Fsp3) is 0.278. The highest BCUT2D eigenvalue weighted by molar-refractivity contribution is 5.75. The van der Waals surface area contributed by atoms with Gasteiger partial charge in [0.05, 0.1) is 0 Å². The lowest BCUT2D eigenvalue weighted by Crippen LogP contribution is -1.99. The molecule has 0 aliphatic carbocycles. The van der Waals surface area contributed by atoms with E-state index in [1.165, 1.54) is 13.0 Å². The van der Waals surface area contributed by atoms with Crippen LogP contribution in [0.4, 0.5) is 4.39 Å². The third-order valence-corrected chi connectivity index (χ3v) is 3.59. The van der Waals surface area contributed by atoms with Crippen molar-refractivity contribution in [3.63, 3.8) is 0 Å². The van der Waals surface area contributed by atoms with Gasteiger partial charge in [0, 0.05) is 6.42 Å². The summed E-state index contributed by atoms with van der Waals surface area (Å²) in [6.45, 7) is 1.98. The summed E-state index contributed by atoms with van der Waals surface area (Å²) in [6, 6.07) is 10.3. The molecule has 0 aromatic heterocycles. The lowest BCUT2D eigenvalue weighted by atomic mass is 10.1. The van der Waals surface area contributed by atoms with Crippen LogP contribution in [-0.4, -0.2) is 12.6 Å². The van der Waals surface area contributed by atoms with Gasteiger partial charge in [0.1, 0.15) is 12.4 Å². The molecule has 120 valence electrons. The molecule has 1 aliphatic rings. The van der Waals surface area contributed by atoms with Crippen molar-refractivity contribution in [3.8, 4) is 17.2 Å². The van der Waals surface area contributed by atoms with Crippen molar-refractivity contribution in [2.24, 2.45) is 0 Å². The first kappa shape index (κ1) is 15.3. The molecule has 0 atom stereocenters. The second-order valence-corrected chi connectivity index (χ2v) is 5.44. The monoisotopic (exact) mass is 316 g/mol. The van der Waals surface area contributed by atoms with Gasteiger partial charge in [-0.15, -0.1) is 0 Å². The van der Waals surface area contributed by atoms with Gasteiger partial charge >= 0.3 is 0 Å². The largest absolute Gasteiger partial charge is 0.486 e. The van der Waals surface area contributed by atoms with E-state index in [1.54, 1.807) is 12.1 Å². The molecule has 0 spiro atoms. The fourth-order valence-electron chi connectivity index (χ4n) is 2.33. The normalized spacial score (nSPS) is 12.3. The number of fused-ring (bicyclic) bond motifs is 1. The first-order valence-corrected chi connectivity index (χ1v) is 7.41. The molecule has 0 N–H and O–H groups in total. The van der Waals surface area contributed by atoms with Crippen LogP contribution in [0.15, 0.2) is 36.4 Å². The first-order valence-electron chi connectivity index (χ1n) is 7.41. The van der Waals surface area contributed by atoms with Crippen molar-refractivity contribution in [3.05, 3.63) is 53.3 Å². The Balaban J connectivity index is 1.62. The van der Waals surface area contributed by atoms with Crippen molar-refractivity contribution in [2.45, 2.75) is 26.4 Å². The average Bonchev–Trinajstić information content (AvgIpc) is 2.99. The van der Waals surface area contributed by atoms with Crippen LogP contribution in [0.3, 0.4) is 0 Å². The van der Waals surface area contributed by atoms with Crippen molar-refractivity contribution in [1.82, 2.24) is 0 Å². The molecule has 0 saturated heterocycles. The SMILES string of the molecule is CC(=O)CCc1ccc(OCc2ccc3c(c2)OCO3)c(F)c1. The maximum Gasteiger partial charge on any atom is 0.231 e. The summed E-state index contributed by atoms with van der Waals surface area (Å²) in [6.07, 6.45) is 0.950. The zero-order chi connectivity index (χ0) is 16.2. The van der Waals surface area contributed by atoms with Gasteiger partial charge in [0.2, 0.25) is 6.79 Å². The van der Waals surface area contributed by atoms with Crippen LogP contribution in [0, 0.1) is 5.82 Å². The Hall–Kier alpha value is -2.56. The van der Waals surface area contributed by atoms with E-state index in [9.17, 15) is 9.18 Å². The van der Waals surface area contributed by atoms with Crippen molar-refractivity contribution in [2.75, 3.05) is 6.79 Å². The van der Waals surface area contributed by atoms with Crippen LogP contribution in [0.2, 0.25) is 0 Å². The van der Waals surface area contributed by atoms with E-state index in [0.29, 0.717) is 24.3 Å². The van der Waals surface area contributed by atoms with Crippen LogP contribution in [0.25, 0.3) is 0 Å². The lowest BCUT2D eigenvalue weighted by molar-refractivity contribution is -0.116. The quantitative estimate of drug-likeness (QED) is 0.816. The van der Waals surface area contributed by atoms with Crippen molar-refractivity contribution in [1.29, 1.82) is 0 Å². The molecule has 0 radical (unpaired) electrons. The summed E-state index contributed by atoms with van der Waals surface area (Å²) in [5, 5.41) is 0. The number of rotatable bonds is 6. The number of carbonyl (C=O) groups excluding carboxylic acids is 1. The number of ketones is 1. The van der Waals surface area contributed by atoms with Crippen LogP contribution < -0.4 is 14.2 Å². The summed E-state index contributed by atoms with van der Waals surface area (Å²) >= 11 is 0. The second-order valence-electron chi connectivity index (χ2n) is 5.44. The second kappa shape index (κ2) is 6.69. The predicted octanol–water partition coefficient (Wildman–Crippen LogP) is 3.66. The number of halogens is 1. The molecule has 0 unspecified atom stereocenters. The highest BCUT2D eigenvalue weighted by Crippen LogP contribution is 2.33. The Labute approximate surface area is 133 Å². The minimum absolute atomic E-state index is 0.0912. The van der Waals surface area contributed by atoms with Gasteiger partial charge in [0.25, 0.3) is 0 Å². The summed E-state index contributed by atoms with van der Waals surface area (Å²) in [5.41, 5.74) is 1.66. The number of carbonyl (C=O) groups is 1. The molecule has 0 fully saturated rings. The molecule has 23 heavy (non-hydrogen) atoms. The molecule has 0 amide bonds. The molecule has 2 aromatic carbocycles. The smallest absolute Gasteiger partial charge is 0.231 e. The summed E-state index contributed by atoms with van der Waals surface area (Å²) < 4.78 is 30.1. The lowest BCUT2D eigenvalue weighted by Gasteiger charge is -2.09. The highest BCUT2D eigenvalue weighted by Gasteiger charge is 2.13. The van der Waals surface area contributed by atoms with Crippen LogP contribution >= 0.6 is 0 Å². The van der Waals surface area contributed by atoms with Crippen LogP contribution in [-0.2, 0) is 17.8 Å². The average molecular weight is 316 g/mol. The third-order valence-electron chi connectivity index (χ3n) is 3.59. The van der Waals surface area contributed by atoms with Gasteiger partial charge in [-0.3, -0.25) is 0 Å². The van der Waals surface area contributed by atoms with Gasteiger partial charge in [-0.05, 0) is 48.7 Å². The van der Waals surface area contributed by atoms with Crippen LogP contribution in [0.5, 0.6) is 17.2 Å². The topological polar surface area (TPSA) is 44.8 Å². The number of ether oxygens (including phenoxy) is 3. The number of hydrogen-bond donors (Lipinski definition) is 0. The first-order chi connectivity index (χ1) is 11.1. The third kappa shape index (κ3) is 3.80. The van der Waals surface area contributed by atoms with Gasteiger partial charge in [0.15, 0.2) is 23.1 Å². The highest BCUT2D eigenvalue weighted by atomic mass is 19.1. The van der Waals surface area contributed by atoms with Gasteiger partial charge in [-0.1, -0.05) is 12.1 Å².